The molecule has 0 saturated heterocycles. The first-order valence-electron chi connectivity index (χ1n) is 11.4. The molecule has 2 N–H and O–H groups in total. The number of carbonyl (C=O) groups is 3. The zero-order valence-corrected chi connectivity index (χ0v) is 19.5. The van der Waals surface area contributed by atoms with E-state index in [9.17, 15) is 19.6 Å². The van der Waals surface area contributed by atoms with Gasteiger partial charge in [0.05, 0.1) is 23.4 Å². The number of hydrogen-bond donors (Lipinski definition) is 2. The van der Waals surface area contributed by atoms with E-state index in [-0.39, 0.29) is 31.0 Å². The lowest BCUT2D eigenvalue weighted by atomic mass is 9.78. The van der Waals surface area contributed by atoms with E-state index in [2.05, 4.69) is 21.7 Å². The van der Waals surface area contributed by atoms with Gasteiger partial charge in [0.25, 0.3) is 0 Å². The predicted molar refractivity (Wildman–Crippen MR) is 125 cm³/mol. The maximum atomic E-state index is 13.8. The number of para-hydroxylation sites is 1. The van der Waals surface area contributed by atoms with Crippen LogP contribution in [0.2, 0.25) is 0 Å². The van der Waals surface area contributed by atoms with E-state index in [0.29, 0.717) is 0 Å². The number of carbonyl (C=O) groups excluding carboxylic acids is 3. The van der Waals surface area contributed by atoms with Crippen molar-refractivity contribution in [2.75, 3.05) is 5.32 Å². The molecule has 34 heavy (non-hydrogen) atoms. The summed E-state index contributed by atoms with van der Waals surface area (Å²) in [5.41, 5.74) is 0.643. The van der Waals surface area contributed by atoms with E-state index in [0.717, 1.165) is 16.8 Å². The molecule has 1 aliphatic heterocycles. The first-order valence-corrected chi connectivity index (χ1v) is 11.4. The Hall–Kier alpha value is -3.73. The summed E-state index contributed by atoms with van der Waals surface area (Å²) in [4.78, 5) is 43.5. The fourth-order valence-corrected chi connectivity index (χ4v) is 5.02. The molecule has 1 unspecified atom stereocenters. The number of pyridine rings is 1. The third kappa shape index (κ3) is 4.51. The number of Topliss-reactive ketones (excluding diaryl/α,β-unsaturated/α-hetero) is 1. The summed E-state index contributed by atoms with van der Waals surface area (Å²) in [7, 11) is 0. The number of anilines is 1. The molecule has 1 aliphatic carbocycles. The van der Waals surface area contributed by atoms with Crippen LogP contribution in [0.3, 0.4) is 0 Å². The molecular formula is C26H28N4O4. The molecule has 0 radical (unpaired) electrons. The molecule has 176 valence electrons. The molecular weight excluding hydrogens is 432 g/mol. The number of amides is 2. The number of nitrogens with zero attached hydrogens (tertiary/aromatic N) is 2. The molecule has 4 atom stereocenters. The van der Waals surface area contributed by atoms with Crippen molar-refractivity contribution in [1.29, 1.82) is 5.26 Å². The monoisotopic (exact) mass is 460 g/mol. The van der Waals surface area contributed by atoms with Crippen molar-refractivity contribution in [3.8, 4) is 6.07 Å². The quantitative estimate of drug-likeness (QED) is 0.704. The number of nitrogens with one attached hydrogen (secondary N) is 2. The zero-order chi connectivity index (χ0) is 24.5. The summed E-state index contributed by atoms with van der Waals surface area (Å²) in [6.45, 7) is 5.23. The van der Waals surface area contributed by atoms with Gasteiger partial charge in [-0.1, -0.05) is 24.3 Å². The summed E-state index contributed by atoms with van der Waals surface area (Å²) < 4.78 is 5.38. The van der Waals surface area contributed by atoms with Crippen molar-refractivity contribution in [3.05, 3.63) is 59.9 Å². The molecule has 1 aromatic heterocycles. The number of ether oxygens (including phenoxy) is 1. The van der Waals surface area contributed by atoms with Gasteiger partial charge >= 0.3 is 6.09 Å². The molecule has 8 heteroatoms. The van der Waals surface area contributed by atoms with Crippen LogP contribution in [0.5, 0.6) is 0 Å². The second-order valence-electron chi connectivity index (χ2n) is 10.00. The minimum Gasteiger partial charge on any atom is -0.444 e. The Morgan fingerprint density at radius 3 is 2.71 bits per heavy atom. The smallest absolute Gasteiger partial charge is 0.408 e. The molecule has 1 aromatic carbocycles. The van der Waals surface area contributed by atoms with Crippen LogP contribution in [0, 0.1) is 23.2 Å². The molecule has 1 saturated carbocycles. The van der Waals surface area contributed by atoms with Gasteiger partial charge in [-0.05, 0) is 56.9 Å². The molecule has 2 aliphatic rings. The Bertz CT molecular complexity index is 1150. The zero-order valence-electron chi connectivity index (χ0n) is 19.5. The molecule has 2 heterocycles. The minimum atomic E-state index is -0.928. The van der Waals surface area contributed by atoms with Gasteiger partial charge in [0.2, 0.25) is 5.91 Å². The largest absolute Gasteiger partial charge is 0.444 e. The van der Waals surface area contributed by atoms with Crippen LogP contribution in [0.4, 0.5) is 10.5 Å². The first kappa shape index (κ1) is 23.4. The van der Waals surface area contributed by atoms with E-state index in [1.807, 2.05) is 30.3 Å². The van der Waals surface area contributed by atoms with E-state index in [1.54, 1.807) is 39.2 Å². The van der Waals surface area contributed by atoms with Crippen LogP contribution < -0.4 is 10.6 Å². The Morgan fingerprint density at radius 1 is 1.26 bits per heavy atom. The maximum absolute atomic E-state index is 13.8. The van der Waals surface area contributed by atoms with Gasteiger partial charge in [0.1, 0.15) is 5.60 Å². The molecule has 1 fully saturated rings. The van der Waals surface area contributed by atoms with Crippen molar-refractivity contribution in [2.24, 2.45) is 11.8 Å². The van der Waals surface area contributed by atoms with Gasteiger partial charge in [-0.15, -0.1) is 0 Å². The Balaban J connectivity index is 1.63. The number of hydrogen-bond acceptors (Lipinski definition) is 6. The van der Waals surface area contributed by atoms with Gasteiger partial charge in [0.15, 0.2) is 5.78 Å². The maximum Gasteiger partial charge on any atom is 0.408 e. The van der Waals surface area contributed by atoms with Gasteiger partial charge in [0, 0.05) is 30.4 Å². The summed E-state index contributed by atoms with van der Waals surface area (Å²) in [5, 5.41) is 15.5. The highest BCUT2D eigenvalue weighted by Gasteiger charge is 2.57. The van der Waals surface area contributed by atoms with E-state index in [1.165, 1.54) is 0 Å². The van der Waals surface area contributed by atoms with Crippen LogP contribution in [-0.2, 0) is 26.2 Å². The van der Waals surface area contributed by atoms with Crippen molar-refractivity contribution >= 4 is 23.5 Å². The minimum absolute atomic E-state index is 0.187. The highest BCUT2D eigenvalue weighted by atomic mass is 16.6. The van der Waals surface area contributed by atoms with Crippen molar-refractivity contribution in [1.82, 2.24) is 10.3 Å². The molecule has 8 nitrogen and oxygen atoms in total. The number of ketones is 1. The predicted octanol–water partition coefficient (Wildman–Crippen LogP) is 3.53. The van der Waals surface area contributed by atoms with Crippen LogP contribution >= 0.6 is 0 Å². The number of benzene rings is 1. The Labute approximate surface area is 198 Å². The number of nitriles is 1. The summed E-state index contributed by atoms with van der Waals surface area (Å²) in [6.07, 6.45) is 3.23. The van der Waals surface area contributed by atoms with Gasteiger partial charge in [-0.2, -0.15) is 5.26 Å². The van der Waals surface area contributed by atoms with Crippen molar-refractivity contribution in [3.63, 3.8) is 0 Å². The lowest BCUT2D eigenvalue weighted by Crippen LogP contribution is -2.47. The number of fused-ring (bicyclic) bond motifs is 2. The molecule has 2 aromatic rings. The van der Waals surface area contributed by atoms with Gasteiger partial charge in [-0.3, -0.25) is 14.6 Å². The number of aromatic nitrogens is 1. The second kappa shape index (κ2) is 8.90. The fourth-order valence-electron chi connectivity index (χ4n) is 5.02. The second-order valence-corrected chi connectivity index (χ2v) is 10.00. The average molecular weight is 461 g/mol. The normalized spacial score (nSPS) is 24.1. The van der Waals surface area contributed by atoms with Crippen LogP contribution in [-0.4, -0.2) is 34.4 Å². The van der Waals surface area contributed by atoms with Crippen molar-refractivity contribution in [2.45, 2.75) is 57.1 Å². The van der Waals surface area contributed by atoms with Crippen LogP contribution in [0.15, 0.2) is 48.8 Å². The fraction of sp³-hybridized carbons (Fsp3) is 0.423. The number of alkyl carbamates (subject to hydrolysis) is 1. The van der Waals surface area contributed by atoms with Crippen LogP contribution in [0.1, 0.15) is 44.7 Å². The summed E-state index contributed by atoms with van der Waals surface area (Å²) >= 11 is 0. The van der Waals surface area contributed by atoms with Crippen molar-refractivity contribution < 1.29 is 19.1 Å². The number of rotatable bonds is 5. The lowest BCUT2D eigenvalue weighted by molar-refractivity contribution is -0.125. The molecule has 0 bridgehead atoms. The molecule has 4 rings (SSSR count). The average Bonchev–Trinajstić information content (AvgIpc) is 3.31. The standard InChI is InChI=1S/C26H28N4O4/c1-25(2,3)34-24(33)30-21(11-16-7-6-10-28-15-16)22(31)18-13-26(12-17(18)14-27)19-8-4-5-9-20(19)29-23(26)32/h4-10,15,17-18,21H,11-13H2,1-3H3,(H,29,32)(H,30,33)/t17-,18?,21-,26-/m0/s1. The Kier molecular flexibility index (Phi) is 6.13. The lowest BCUT2D eigenvalue weighted by Gasteiger charge is -2.26. The topological polar surface area (TPSA) is 121 Å². The molecule has 2 amide bonds. The van der Waals surface area contributed by atoms with Gasteiger partial charge < -0.3 is 15.4 Å². The highest BCUT2D eigenvalue weighted by Crippen LogP contribution is 2.53. The van der Waals surface area contributed by atoms with E-state index >= 15 is 0 Å². The highest BCUT2D eigenvalue weighted by molar-refractivity contribution is 6.07. The first-order chi connectivity index (χ1) is 16.1. The SMILES string of the molecule is CC(C)(C)OC(=O)N[C@@H](Cc1cccnc1)C(=O)C1C[C@]2(C[C@H]1C#N)C(=O)Nc1ccccc12. The molecule has 1 spiro atoms. The van der Waals surface area contributed by atoms with Gasteiger partial charge in [-0.25, -0.2) is 4.79 Å². The van der Waals surface area contributed by atoms with Crippen LogP contribution in [0.25, 0.3) is 0 Å². The summed E-state index contributed by atoms with van der Waals surface area (Å²) in [5.74, 6) is -1.83. The van der Waals surface area contributed by atoms with E-state index in [4.69, 9.17) is 4.74 Å². The third-order valence-corrected chi connectivity index (χ3v) is 6.48. The Morgan fingerprint density at radius 2 is 2.03 bits per heavy atom. The third-order valence-electron chi connectivity index (χ3n) is 6.48. The summed E-state index contributed by atoms with van der Waals surface area (Å²) in [6, 6.07) is 12.3. The van der Waals surface area contributed by atoms with E-state index < -0.39 is 35.0 Å².